The molecule has 1 aliphatic heterocycles. The van der Waals surface area contributed by atoms with E-state index in [0.717, 1.165) is 6.61 Å². The van der Waals surface area contributed by atoms with Gasteiger partial charge in [0.25, 0.3) is 0 Å². The molecule has 0 radical (unpaired) electrons. The molecule has 0 aromatic carbocycles. The Hall–Kier alpha value is -0.0800. The van der Waals surface area contributed by atoms with Crippen molar-refractivity contribution in [3.05, 3.63) is 0 Å². The van der Waals surface area contributed by atoms with Gasteiger partial charge in [0, 0.05) is 11.6 Å². The Labute approximate surface area is 68.3 Å². The molecule has 2 aliphatic rings. The standard InChI is InChI=1S/C9H17NO/c1-9(2)6-11-8-5-3-4-7(8)10-9/h7-8,10H,3-6H2,1-2H3/t7-,8-/m1/s1. The van der Waals surface area contributed by atoms with Crippen LogP contribution in [0.5, 0.6) is 0 Å². The molecule has 0 aromatic heterocycles. The van der Waals surface area contributed by atoms with E-state index in [1.165, 1.54) is 19.3 Å². The van der Waals surface area contributed by atoms with E-state index in [1.54, 1.807) is 0 Å². The molecule has 0 bridgehead atoms. The Kier molecular flexibility index (Phi) is 1.69. The highest BCUT2D eigenvalue weighted by Gasteiger charge is 2.37. The first-order valence-electron chi connectivity index (χ1n) is 4.57. The number of hydrogen-bond acceptors (Lipinski definition) is 2. The fraction of sp³-hybridized carbons (Fsp3) is 1.00. The largest absolute Gasteiger partial charge is 0.375 e. The third kappa shape index (κ3) is 1.42. The highest BCUT2D eigenvalue weighted by Crippen LogP contribution is 2.28. The van der Waals surface area contributed by atoms with Gasteiger partial charge in [0.05, 0.1) is 12.7 Å². The lowest BCUT2D eigenvalue weighted by atomic mass is 10.0. The minimum atomic E-state index is 0.200. The second kappa shape index (κ2) is 2.46. The van der Waals surface area contributed by atoms with Crippen LogP contribution < -0.4 is 5.32 Å². The van der Waals surface area contributed by atoms with E-state index in [0.29, 0.717) is 12.1 Å². The molecule has 0 amide bonds. The molecule has 2 rings (SSSR count). The maximum absolute atomic E-state index is 5.75. The molecule has 2 fully saturated rings. The summed E-state index contributed by atoms with van der Waals surface area (Å²) >= 11 is 0. The van der Waals surface area contributed by atoms with Crippen LogP contribution >= 0.6 is 0 Å². The van der Waals surface area contributed by atoms with Crippen molar-refractivity contribution in [1.82, 2.24) is 5.32 Å². The average molecular weight is 155 g/mol. The van der Waals surface area contributed by atoms with Crippen LogP contribution in [0, 0.1) is 0 Å². The zero-order chi connectivity index (χ0) is 7.90. The molecule has 0 aromatic rings. The minimum absolute atomic E-state index is 0.200. The van der Waals surface area contributed by atoms with E-state index in [2.05, 4.69) is 19.2 Å². The van der Waals surface area contributed by atoms with Crippen LogP contribution in [0.25, 0.3) is 0 Å². The summed E-state index contributed by atoms with van der Waals surface area (Å²) in [5.74, 6) is 0. The third-order valence-electron chi connectivity index (χ3n) is 2.69. The normalized spacial score (nSPS) is 42.0. The van der Waals surface area contributed by atoms with Crippen LogP contribution in [0.3, 0.4) is 0 Å². The lowest BCUT2D eigenvalue weighted by Crippen LogP contribution is -2.57. The summed E-state index contributed by atoms with van der Waals surface area (Å²) in [5.41, 5.74) is 0.200. The molecule has 1 aliphatic carbocycles. The van der Waals surface area contributed by atoms with E-state index < -0.39 is 0 Å². The maximum atomic E-state index is 5.75. The Morgan fingerprint density at radius 3 is 3.00 bits per heavy atom. The monoisotopic (exact) mass is 155 g/mol. The van der Waals surface area contributed by atoms with Crippen LogP contribution in [0.15, 0.2) is 0 Å². The van der Waals surface area contributed by atoms with Crippen LogP contribution in [0.1, 0.15) is 33.1 Å². The summed E-state index contributed by atoms with van der Waals surface area (Å²) < 4.78 is 5.75. The summed E-state index contributed by atoms with van der Waals surface area (Å²) in [7, 11) is 0. The van der Waals surface area contributed by atoms with Crippen molar-refractivity contribution in [3.63, 3.8) is 0 Å². The van der Waals surface area contributed by atoms with Crippen molar-refractivity contribution in [2.24, 2.45) is 0 Å². The highest BCUT2D eigenvalue weighted by molar-refractivity contribution is 4.94. The van der Waals surface area contributed by atoms with Crippen LogP contribution in [-0.2, 0) is 4.74 Å². The van der Waals surface area contributed by atoms with Crippen LogP contribution in [0.4, 0.5) is 0 Å². The number of ether oxygens (including phenoxy) is 1. The van der Waals surface area contributed by atoms with Gasteiger partial charge in [0.15, 0.2) is 0 Å². The summed E-state index contributed by atoms with van der Waals surface area (Å²) in [4.78, 5) is 0. The van der Waals surface area contributed by atoms with Gasteiger partial charge in [-0.3, -0.25) is 0 Å². The van der Waals surface area contributed by atoms with Gasteiger partial charge in [-0.1, -0.05) is 0 Å². The molecule has 0 unspecified atom stereocenters. The first-order chi connectivity index (χ1) is 5.17. The molecule has 1 saturated carbocycles. The molecule has 1 saturated heterocycles. The van der Waals surface area contributed by atoms with E-state index >= 15 is 0 Å². The van der Waals surface area contributed by atoms with Gasteiger partial charge in [-0.05, 0) is 33.1 Å². The van der Waals surface area contributed by atoms with Gasteiger partial charge in [0.1, 0.15) is 0 Å². The Morgan fingerprint density at radius 2 is 2.18 bits per heavy atom. The first-order valence-corrected chi connectivity index (χ1v) is 4.57. The lowest BCUT2D eigenvalue weighted by molar-refractivity contribution is -0.0389. The van der Waals surface area contributed by atoms with Gasteiger partial charge in [0.2, 0.25) is 0 Å². The zero-order valence-corrected chi connectivity index (χ0v) is 7.39. The summed E-state index contributed by atoms with van der Waals surface area (Å²) in [6.07, 6.45) is 4.41. The molecule has 2 atom stereocenters. The van der Waals surface area contributed by atoms with Gasteiger partial charge < -0.3 is 10.1 Å². The Morgan fingerprint density at radius 1 is 1.36 bits per heavy atom. The fourth-order valence-electron chi connectivity index (χ4n) is 2.15. The smallest absolute Gasteiger partial charge is 0.0729 e. The van der Waals surface area contributed by atoms with Gasteiger partial charge in [-0.25, -0.2) is 0 Å². The van der Waals surface area contributed by atoms with Crippen molar-refractivity contribution >= 4 is 0 Å². The van der Waals surface area contributed by atoms with E-state index in [4.69, 9.17) is 4.74 Å². The van der Waals surface area contributed by atoms with Crippen LogP contribution in [-0.4, -0.2) is 24.3 Å². The van der Waals surface area contributed by atoms with E-state index in [9.17, 15) is 0 Å². The van der Waals surface area contributed by atoms with Crippen molar-refractivity contribution in [2.45, 2.75) is 50.8 Å². The first kappa shape index (κ1) is 7.56. The second-order valence-electron chi connectivity index (χ2n) is 4.42. The van der Waals surface area contributed by atoms with E-state index in [1.807, 2.05) is 0 Å². The molecular formula is C9H17NO. The Bertz CT molecular complexity index is 156. The molecular weight excluding hydrogens is 138 g/mol. The number of morpholine rings is 1. The lowest BCUT2D eigenvalue weighted by Gasteiger charge is -2.39. The van der Waals surface area contributed by atoms with Crippen LogP contribution in [0.2, 0.25) is 0 Å². The number of fused-ring (bicyclic) bond motifs is 1. The molecule has 0 spiro atoms. The number of hydrogen-bond donors (Lipinski definition) is 1. The zero-order valence-electron chi connectivity index (χ0n) is 7.39. The van der Waals surface area contributed by atoms with E-state index in [-0.39, 0.29) is 5.54 Å². The number of rotatable bonds is 0. The third-order valence-corrected chi connectivity index (χ3v) is 2.69. The predicted molar refractivity (Wildman–Crippen MR) is 44.6 cm³/mol. The van der Waals surface area contributed by atoms with Crippen molar-refractivity contribution in [2.75, 3.05) is 6.61 Å². The number of nitrogens with one attached hydrogen (secondary N) is 1. The summed E-state index contributed by atoms with van der Waals surface area (Å²) in [5, 5.41) is 3.63. The summed E-state index contributed by atoms with van der Waals surface area (Å²) in [6, 6.07) is 0.638. The second-order valence-corrected chi connectivity index (χ2v) is 4.42. The molecule has 2 nitrogen and oxygen atoms in total. The molecule has 11 heavy (non-hydrogen) atoms. The molecule has 2 heteroatoms. The molecule has 1 N–H and O–H groups in total. The fourth-order valence-corrected chi connectivity index (χ4v) is 2.15. The molecule has 1 heterocycles. The van der Waals surface area contributed by atoms with Crippen molar-refractivity contribution < 1.29 is 4.74 Å². The maximum Gasteiger partial charge on any atom is 0.0729 e. The predicted octanol–water partition coefficient (Wildman–Crippen LogP) is 1.31. The van der Waals surface area contributed by atoms with Gasteiger partial charge in [-0.2, -0.15) is 0 Å². The topological polar surface area (TPSA) is 21.3 Å². The minimum Gasteiger partial charge on any atom is -0.375 e. The quantitative estimate of drug-likeness (QED) is 0.569. The van der Waals surface area contributed by atoms with Crippen molar-refractivity contribution in [3.8, 4) is 0 Å². The SMILES string of the molecule is CC1(C)CO[C@@H]2CCC[C@H]2N1. The average Bonchev–Trinajstić information content (AvgIpc) is 2.31. The van der Waals surface area contributed by atoms with Gasteiger partial charge >= 0.3 is 0 Å². The highest BCUT2D eigenvalue weighted by atomic mass is 16.5. The van der Waals surface area contributed by atoms with Crippen molar-refractivity contribution in [1.29, 1.82) is 0 Å². The summed E-state index contributed by atoms with van der Waals surface area (Å²) in [6.45, 7) is 5.29. The van der Waals surface area contributed by atoms with Gasteiger partial charge in [-0.15, -0.1) is 0 Å². The Balaban J connectivity index is 2.02. The molecule has 64 valence electrons.